The van der Waals surface area contributed by atoms with Crippen molar-refractivity contribution in [2.75, 3.05) is 6.61 Å². The van der Waals surface area contributed by atoms with E-state index in [0.29, 0.717) is 12.5 Å². The maximum atomic E-state index is 13.0. The number of nitrogens with two attached hydrogens (primary N) is 1. The Balaban J connectivity index is 2.42. The van der Waals surface area contributed by atoms with Gasteiger partial charge in [-0.2, -0.15) is 0 Å². The van der Waals surface area contributed by atoms with E-state index in [9.17, 15) is 4.39 Å². The van der Waals surface area contributed by atoms with Crippen molar-refractivity contribution in [3.05, 3.63) is 35.6 Å². The summed E-state index contributed by atoms with van der Waals surface area (Å²) in [6.07, 6.45) is 1.20. The minimum atomic E-state index is -0.264. The molecule has 1 aromatic carbocycles. The molecule has 2 nitrogen and oxygen atoms in total. The number of hydrogen-bond donors (Lipinski definition) is 1. The lowest BCUT2D eigenvalue weighted by Crippen LogP contribution is -2.21. The van der Waals surface area contributed by atoms with Gasteiger partial charge in [-0.15, -0.1) is 0 Å². The highest BCUT2D eigenvalue weighted by Gasteiger charge is 2.10. The van der Waals surface area contributed by atoms with Crippen molar-refractivity contribution >= 4 is 0 Å². The van der Waals surface area contributed by atoms with E-state index in [0.717, 1.165) is 12.0 Å². The average Bonchev–Trinajstić information content (AvgIpc) is 2.25. The molecule has 0 aliphatic rings. The molecule has 2 N–H and O–H groups in total. The first kappa shape index (κ1) is 14.1. The summed E-state index contributed by atoms with van der Waals surface area (Å²) in [6, 6.07) is 6.10. The molecule has 17 heavy (non-hydrogen) atoms. The highest BCUT2D eigenvalue weighted by molar-refractivity contribution is 5.19. The van der Waals surface area contributed by atoms with E-state index in [1.54, 1.807) is 6.07 Å². The summed E-state index contributed by atoms with van der Waals surface area (Å²) in [4.78, 5) is 0. The zero-order chi connectivity index (χ0) is 12.8. The first-order chi connectivity index (χ1) is 7.99. The molecule has 0 fully saturated rings. The summed E-state index contributed by atoms with van der Waals surface area (Å²) in [6.45, 7) is 6.79. The lowest BCUT2D eigenvalue weighted by atomic mass is 10.1. The van der Waals surface area contributed by atoms with E-state index in [-0.39, 0.29) is 18.0 Å². The zero-order valence-electron chi connectivity index (χ0n) is 10.8. The van der Waals surface area contributed by atoms with Gasteiger partial charge >= 0.3 is 0 Å². The molecule has 3 heteroatoms. The second kappa shape index (κ2) is 6.72. The molecule has 0 heterocycles. The van der Waals surface area contributed by atoms with Crippen LogP contribution in [-0.4, -0.2) is 12.7 Å². The van der Waals surface area contributed by atoms with Crippen LogP contribution in [0.3, 0.4) is 0 Å². The summed E-state index contributed by atoms with van der Waals surface area (Å²) in [5, 5.41) is 0. The standard InChI is InChI=1S/C14H22FNO/c1-10(2)7-11(3)17-9-14(16)12-5-4-6-13(15)8-12/h4-6,8,10-11,14H,7,9,16H2,1-3H3. The summed E-state index contributed by atoms with van der Waals surface area (Å²) < 4.78 is 18.7. The third-order valence-electron chi connectivity index (χ3n) is 2.64. The van der Waals surface area contributed by atoms with Crippen molar-refractivity contribution in [1.29, 1.82) is 0 Å². The Kier molecular flexibility index (Phi) is 5.59. The van der Waals surface area contributed by atoms with Gasteiger partial charge in [0, 0.05) is 0 Å². The maximum absolute atomic E-state index is 13.0. The first-order valence-electron chi connectivity index (χ1n) is 6.11. The van der Waals surface area contributed by atoms with Gasteiger partial charge in [-0.05, 0) is 37.0 Å². The van der Waals surface area contributed by atoms with Crippen LogP contribution in [0.25, 0.3) is 0 Å². The normalized spacial score (nSPS) is 14.9. The number of rotatable bonds is 6. The van der Waals surface area contributed by atoms with Crippen molar-refractivity contribution in [2.24, 2.45) is 11.7 Å². The summed E-state index contributed by atoms with van der Waals surface area (Å²) in [7, 11) is 0. The fourth-order valence-corrected chi connectivity index (χ4v) is 1.83. The van der Waals surface area contributed by atoms with E-state index in [2.05, 4.69) is 13.8 Å². The van der Waals surface area contributed by atoms with E-state index in [1.165, 1.54) is 12.1 Å². The van der Waals surface area contributed by atoms with Crippen LogP contribution >= 0.6 is 0 Å². The Hall–Kier alpha value is -0.930. The lowest BCUT2D eigenvalue weighted by Gasteiger charge is -2.18. The monoisotopic (exact) mass is 239 g/mol. The molecular formula is C14H22FNO. The van der Waals surface area contributed by atoms with Gasteiger partial charge in [-0.3, -0.25) is 0 Å². The second-order valence-corrected chi connectivity index (χ2v) is 4.93. The lowest BCUT2D eigenvalue weighted by molar-refractivity contribution is 0.0430. The fraction of sp³-hybridized carbons (Fsp3) is 0.571. The predicted octanol–water partition coefficient (Wildman–Crippen LogP) is 3.28. The van der Waals surface area contributed by atoms with E-state index in [4.69, 9.17) is 10.5 Å². The molecule has 0 aliphatic carbocycles. The largest absolute Gasteiger partial charge is 0.377 e. The topological polar surface area (TPSA) is 35.2 Å². The van der Waals surface area contributed by atoms with Crippen LogP contribution in [-0.2, 0) is 4.74 Å². The molecule has 0 aromatic heterocycles. The summed E-state index contributed by atoms with van der Waals surface area (Å²) in [5.74, 6) is 0.351. The minimum Gasteiger partial charge on any atom is -0.377 e. The number of halogens is 1. The van der Waals surface area contributed by atoms with Crippen LogP contribution in [0.1, 0.15) is 38.8 Å². The van der Waals surface area contributed by atoms with E-state index < -0.39 is 0 Å². The van der Waals surface area contributed by atoms with Gasteiger partial charge in [0.25, 0.3) is 0 Å². The Morgan fingerprint density at radius 3 is 2.59 bits per heavy atom. The zero-order valence-corrected chi connectivity index (χ0v) is 10.8. The van der Waals surface area contributed by atoms with Gasteiger partial charge in [0.15, 0.2) is 0 Å². The number of benzene rings is 1. The molecule has 2 unspecified atom stereocenters. The van der Waals surface area contributed by atoms with E-state index >= 15 is 0 Å². The van der Waals surface area contributed by atoms with Crippen LogP contribution in [0.4, 0.5) is 4.39 Å². The van der Waals surface area contributed by atoms with Gasteiger partial charge in [0.05, 0.1) is 18.8 Å². The predicted molar refractivity (Wildman–Crippen MR) is 68.2 cm³/mol. The van der Waals surface area contributed by atoms with Gasteiger partial charge in [0.1, 0.15) is 5.82 Å². The van der Waals surface area contributed by atoms with Crippen LogP contribution in [0.2, 0.25) is 0 Å². The van der Waals surface area contributed by atoms with Crippen LogP contribution in [0.5, 0.6) is 0 Å². The Labute approximate surface area is 103 Å². The van der Waals surface area contributed by atoms with Gasteiger partial charge in [-0.1, -0.05) is 26.0 Å². The highest BCUT2D eigenvalue weighted by atomic mass is 19.1. The van der Waals surface area contributed by atoms with Gasteiger partial charge in [-0.25, -0.2) is 4.39 Å². The molecule has 2 atom stereocenters. The van der Waals surface area contributed by atoms with E-state index in [1.807, 2.05) is 13.0 Å². The molecule has 0 saturated carbocycles. The highest BCUT2D eigenvalue weighted by Crippen LogP contribution is 2.14. The molecule has 0 saturated heterocycles. The van der Waals surface area contributed by atoms with Crippen molar-refractivity contribution in [1.82, 2.24) is 0 Å². The Bertz CT molecular complexity index is 341. The number of hydrogen-bond acceptors (Lipinski definition) is 2. The quantitative estimate of drug-likeness (QED) is 0.826. The summed E-state index contributed by atoms with van der Waals surface area (Å²) >= 11 is 0. The van der Waals surface area contributed by atoms with Crippen molar-refractivity contribution < 1.29 is 9.13 Å². The molecular weight excluding hydrogens is 217 g/mol. The van der Waals surface area contributed by atoms with Crippen LogP contribution in [0.15, 0.2) is 24.3 Å². The van der Waals surface area contributed by atoms with Gasteiger partial charge in [0.2, 0.25) is 0 Å². The molecule has 0 amide bonds. The molecule has 0 spiro atoms. The first-order valence-corrected chi connectivity index (χ1v) is 6.11. The third kappa shape index (κ3) is 5.29. The molecule has 0 radical (unpaired) electrons. The molecule has 1 rings (SSSR count). The minimum absolute atomic E-state index is 0.189. The fourth-order valence-electron chi connectivity index (χ4n) is 1.83. The van der Waals surface area contributed by atoms with Crippen molar-refractivity contribution in [3.63, 3.8) is 0 Å². The average molecular weight is 239 g/mol. The smallest absolute Gasteiger partial charge is 0.123 e. The Morgan fingerprint density at radius 2 is 2.00 bits per heavy atom. The molecule has 96 valence electrons. The molecule has 0 bridgehead atoms. The second-order valence-electron chi connectivity index (χ2n) is 4.93. The van der Waals surface area contributed by atoms with Gasteiger partial charge < -0.3 is 10.5 Å². The molecule has 0 aliphatic heterocycles. The Morgan fingerprint density at radius 1 is 1.29 bits per heavy atom. The summed E-state index contributed by atoms with van der Waals surface area (Å²) in [5.41, 5.74) is 6.73. The molecule has 1 aromatic rings. The van der Waals surface area contributed by atoms with Crippen molar-refractivity contribution in [2.45, 2.75) is 39.3 Å². The maximum Gasteiger partial charge on any atom is 0.123 e. The number of ether oxygens (including phenoxy) is 1. The van der Waals surface area contributed by atoms with Crippen molar-refractivity contribution in [3.8, 4) is 0 Å². The van der Waals surface area contributed by atoms with Crippen LogP contribution < -0.4 is 5.73 Å². The van der Waals surface area contributed by atoms with Crippen LogP contribution in [0, 0.1) is 11.7 Å². The third-order valence-corrected chi connectivity index (χ3v) is 2.64. The SMILES string of the molecule is CC(C)CC(C)OCC(N)c1cccc(F)c1.